The topological polar surface area (TPSA) is 67.4 Å². The van der Waals surface area contributed by atoms with Crippen LogP contribution in [0.4, 0.5) is 5.69 Å². The molecule has 2 rings (SSSR count). The minimum absolute atomic E-state index is 0.0953. The zero-order chi connectivity index (χ0) is 17.5. The summed E-state index contributed by atoms with van der Waals surface area (Å²) in [5.74, 6) is 0.442. The highest BCUT2D eigenvalue weighted by Crippen LogP contribution is 2.17. The minimum Gasteiger partial charge on any atom is -0.497 e. The third kappa shape index (κ3) is 4.84. The average Bonchev–Trinajstić information content (AvgIpc) is 2.60. The van der Waals surface area contributed by atoms with Gasteiger partial charge in [-0.25, -0.2) is 0 Å². The third-order valence-electron chi connectivity index (χ3n) is 3.60. The highest BCUT2D eigenvalue weighted by atomic mass is 16.5. The summed E-state index contributed by atoms with van der Waals surface area (Å²) < 4.78 is 5.08. The number of carbonyl (C=O) groups is 2. The number of rotatable bonds is 6. The Labute approximate surface area is 142 Å². The van der Waals surface area contributed by atoms with Gasteiger partial charge in [-0.05, 0) is 41.8 Å². The molecule has 0 fully saturated rings. The van der Waals surface area contributed by atoms with Gasteiger partial charge in [0.2, 0.25) is 5.91 Å². The second-order valence-corrected chi connectivity index (χ2v) is 5.74. The standard InChI is InChI=1S/C19H22N2O3/c1-13(2)14-7-9-16(10-8-14)21-18(22)12-20-19(23)15-5-4-6-17(11-15)24-3/h4-11,13H,12H2,1-3H3,(H,20,23)(H,21,22). The molecule has 5 heteroatoms. The molecule has 0 saturated carbocycles. The summed E-state index contributed by atoms with van der Waals surface area (Å²) in [5, 5.41) is 5.35. The van der Waals surface area contributed by atoms with Crippen molar-refractivity contribution >= 4 is 17.5 Å². The van der Waals surface area contributed by atoms with Crippen LogP contribution in [0, 0.1) is 0 Å². The van der Waals surface area contributed by atoms with Gasteiger partial charge in [-0.2, -0.15) is 0 Å². The van der Waals surface area contributed by atoms with E-state index < -0.39 is 0 Å². The van der Waals surface area contributed by atoms with Gasteiger partial charge in [0.05, 0.1) is 13.7 Å². The fourth-order valence-corrected chi connectivity index (χ4v) is 2.18. The number of methoxy groups -OCH3 is 1. The number of ether oxygens (including phenoxy) is 1. The molecule has 0 spiro atoms. The summed E-state index contributed by atoms with van der Waals surface area (Å²) >= 11 is 0. The van der Waals surface area contributed by atoms with Crippen molar-refractivity contribution in [2.24, 2.45) is 0 Å². The second kappa shape index (κ2) is 8.15. The van der Waals surface area contributed by atoms with Crippen molar-refractivity contribution in [3.63, 3.8) is 0 Å². The van der Waals surface area contributed by atoms with Crippen LogP contribution in [0.5, 0.6) is 5.75 Å². The van der Waals surface area contributed by atoms with Crippen molar-refractivity contribution in [3.8, 4) is 5.75 Å². The van der Waals surface area contributed by atoms with Gasteiger partial charge in [0.1, 0.15) is 5.75 Å². The van der Waals surface area contributed by atoms with Crippen LogP contribution >= 0.6 is 0 Å². The number of hydrogen-bond acceptors (Lipinski definition) is 3. The van der Waals surface area contributed by atoms with Crippen LogP contribution in [0.25, 0.3) is 0 Å². The van der Waals surface area contributed by atoms with Gasteiger partial charge in [0.25, 0.3) is 5.91 Å². The maximum absolute atomic E-state index is 12.0. The number of benzene rings is 2. The fourth-order valence-electron chi connectivity index (χ4n) is 2.18. The van der Waals surface area contributed by atoms with Gasteiger partial charge in [0, 0.05) is 11.3 Å². The summed E-state index contributed by atoms with van der Waals surface area (Å²) in [6.07, 6.45) is 0. The van der Waals surface area contributed by atoms with E-state index in [9.17, 15) is 9.59 Å². The largest absolute Gasteiger partial charge is 0.497 e. The van der Waals surface area contributed by atoms with Crippen molar-refractivity contribution < 1.29 is 14.3 Å². The van der Waals surface area contributed by atoms with E-state index in [1.165, 1.54) is 12.7 Å². The Morgan fingerprint density at radius 3 is 2.42 bits per heavy atom. The Bertz CT molecular complexity index is 709. The van der Waals surface area contributed by atoms with Gasteiger partial charge in [-0.15, -0.1) is 0 Å². The van der Waals surface area contributed by atoms with E-state index in [1.807, 2.05) is 24.3 Å². The van der Waals surface area contributed by atoms with E-state index in [0.29, 0.717) is 22.9 Å². The zero-order valence-electron chi connectivity index (χ0n) is 14.1. The molecule has 0 heterocycles. The molecule has 24 heavy (non-hydrogen) atoms. The lowest BCUT2D eigenvalue weighted by molar-refractivity contribution is -0.115. The predicted molar refractivity (Wildman–Crippen MR) is 94.5 cm³/mol. The molecular formula is C19H22N2O3. The Kier molecular flexibility index (Phi) is 5.95. The van der Waals surface area contributed by atoms with Crippen LogP contribution in [-0.2, 0) is 4.79 Å². The Hall–Kier alpha value is -2.82. The lowest BCUT2D eigenvalue weighted by atomic mass is 10.0. The monoisotopic (exact) mass is 326 g/mol. The van der Waals surface area contributed by atoms with Crippen LogP contribution in [0.3, 0.4) is 0 Å². The van der Waals surface area contributed by atoms with Crippen LogP contribution in [-0.4, -0.2) is 25.5 Å². The molecule has 2 N–H and O–H groups in total. The SMILES string of the molecule is COc1cccc(C(=O)NCC(=O)Nc2ccc(C(C)C)cc2)c1. The molecule has 0 bridgehead atoms. The van der Waals surface area contributed by atoms with Gasteiger partial charge >= 0.3 is 0 Å². The van der Waals surface area contributed by atoms with Crippen molar-refractivity contribution in [3.05, 3.63) is 59.7 Å². The molecule has 0 radical (unpaired) electrons. The van der Waals surface area contributed by atoms with E-state index in [4.69, 9.17) is 4.74 Å². The smallest absolute Gasteiger partial charge is 0.251 e. The summed E-state index contributed by atoms with van der Waals surface area (Å²) in [6.45, 7) is 4.13. The molecule has 0 aliphatic carbocycles. The maximum atomic E-state index is 12.0. The molecule has 2 aromatic rings. The number of amides is 2. The van der Waals surface area contributed by atoms with Crippen LogP contribution in [0.1, 0.15) is 35.7 Å². The Balaban J connectivity index is 1.87. The van der Waals surface area contributed by atoms with Crippen molar-refractivity contribution in [1.82, 2.24) is 5.32 Å². The van der Waals surface area contributed by atoms with Crippen molar-refractivity contribution in [2.75, 3.05) is 19.0 Å². The first kappa shape index (κ1) is 17.5. The summed E-state index contributed by atoms with van der Waals surface area (Å²) in [6, 6.07) is 14.4. The highest BCUT2D eigenvalue weighted by molar-refractivity contribution is 5.99. The fraction of sp³-hybridized carbons (Fsp3) is 0.263. The zero-order valence-corrected chi connectivity index (χ0v) is 14.1. The first-order valence-corrected chi connectivity index (χ1v) is 7.81. The molecule has 5 nitrogen and oxygen atoms in total. The van der Waals surface area contributed by atoms with Crippen LogP contribution in [0.15, 0.2) is 48.5 Å². The average molecular weight is 326 g/mol. The molecule has 2 aromatic carbocycles. The quantitative estimate of drug-likeness (QED) is 0.857. The minimum atomic E-state index is -0.320. The molecule has 0 aliphatic heterocycles. The molecular weight excluding hydrogens is 304 g/mol. The lowest BCUT2D eigenvalue weighted by Crippen LogP contribution is -2.32. The number of anilines is 1. The van der Waals surface area contributed by atoms with Gasteiger partial charge in [-0.3, -0.25) is 9.59 Å². The van der Waals surface area contributed by atoms with Crippen LogP contribution in [0.2, 0.25) is 0 Å². The summed E-state index contributed by atoms with van der Waals surface area (Å²) in [7, 11) is 1.54. The second-order valence-electron chi connectivity index (χ2n) is 5.74. The Morgan fingerprint density at radius 2 is 1.79 bits per heavy atom. The van der Waals surface area contributed by atoms with Gasteiger partial charge < -0.3 is 15.4 Å². The number of carbonyl (C=O) groups excluding carboxylic acids is 2. The lowest BCUT2D eigenvalue weighted by Gasteiger charge is -2.09. The van der Waals surface area contributed by atoms with E-state index in [-0.39, 0.29) is 18.4 Å². The van der Waals surface area contributed by atoms with Crippen molar-refractivity contribution in [2.45, 2.75) is 19.8 Å². The molecule has 0 aliphatic rings. The first-order valence-electron chi connectivity index (χ1n) is 7.81. The highest BCUT2D eigenvalue weighted by Gasteiger charge is 2.09. The van der Waals surface area contributed by atoms with E-state index >= 15 is 0 Å². The van der Waals surface area contributed by atoms with Gasteiger partial charge in [0.15, 0.2) is 0 Å². The third-order valence-corrected chi connectivity index (χ3v) is 3.60. The first-order chi connectivity index (χ1) is 11.5. The predicted octanol–water partition coefficient (Wildman–Crippen LogP) is 3.19. The van der Waals surface area contributed by atoms with Crippen LogP contribution < -0.4 is 15.4 Å². The van der Waals surface area contributed by atoms with E-state index in [0.717, 1.165) is 0 Å². The molecule has 0 atom stereocenters. The normalized spacial score (nSPS) is 10.3. The molecule has 0 saturated heterocycles. The van der Waals surface area contributed by atoms with Gasteiger partial charge in [-0.1, -0.05) is 32.0 Å². The summed E-state index contributed by atoms with van der Waals surface area (Å²) in [4.78, 5) is 24.0. The maximum Gasteiger partial charge on any atom is 0.251 e. The van der Waals surface area contributed by atoms with E-state index in [1.54, 1.807) is 24.3 Å². The number of nitrogens with one attached hydrogen (secondary N) is 2. The molecule has 126 valence electrons. The molecule has 0 aromatic heterocycles. The molecule has 0 unspecified atom stereocenters. The summed E-state index contributed by atoms with van der Waals surface area (Å²) in [5.41, 5.74) is 2.36. The van der Waals surface area contributed by atoms with E-state index in [2.05, 4.69) is 24.5 Å². The Morgan fingerprint density at radius 1 is 1.08 bits per heavy atom. The number of hydrogen-bond donors (Lipinski definition) is 2. The van der Waals surface area contributed by atoms with Crippen molar-refractivity contribution in [1.29, 1.82) is 0 Å². The molecule has 2 amide bonds.